The molecule has 2 saturated carbocycles. The van der Waals surface area contributed by atoms with E-state index < -0.39 is 0 Å². The van der Waals surface area contributed by atoms with Gasteiger partial charge in [-0.1, -0.05) is 20.8 Å². The lowest BCUT2D eigenvalue weighted by Gasteiger charge is -2.39. The zero-order valence-electron chi connectivity index (χ0n) is 16.3. The van der Waals surface area contributed by atoms with E-state index in [9.17, 15) is 4.79 Å². The summed E-state index contributed by atoms with van der Waals surface area (Å²) in [5.41, 5.74) is 0.611. The molecule has 0 aromatic rings. The lowest BCUT2D eigenvalue weighted by molar-refractivity contribution is 0.121. The zero-order valence-corrected chi connectivity index (χ0v) is 16.3. The standard InChI is InChI=1S/C20H37N3O/c1-14(2)23-10-6-7-15(13-23)12-21-18(24)22-17-11-16-8-9-20(17,5)19(16,3)4/h14-17H,6-13H2,1-5H3,(H2,21,22,24). The van der Waals surface area contributed by atoms with Crippen molar-refractivity contribution in [3.05, 3.63) is 0 Å². The van der Waals surface area contributed by atoms with Crippen LogP contribution in [-0.2, 0) is 0 Å². The monoisotopic (exact) mass is 335 g/mol. The maximum atomic E-state index is 12.5. The van der Waals surface area contributed by atoms with E-state index in [2.05, 4.69) is 50.2 Å². The molecule has 3 aliphatic rings. The zero-order chi connectivity index (χ0) is 17.5. The summed E-state index contributed by atoms with van der Waals surface area (Å²) in [7, 11) is 0. The summed E-state index contributed by atoms with van der Waals surface area (Å²) in [6.07, 6.45) is 6.22. The molecule has 24 heavy (non-hydrogen) atoms. The number of carbonyl (C=O) groups is 1. The lowest BCUT2D eigenvalue weighted by atomic mass is 9.69. The van der Waals surface area contributed by atoms with Crippen LogP contribution in [0.5, 0.6) is 0 Å². The Labute approximate surface area is 148 Å². The van der Waals surface area contributed by atoms with Crippen molar-refractivity contribution in [1.29, 1.82) is 0 Å². The first-order chi connectivity index (χ1) is 11.2. The van der Waals surface area contributed by atoms with Gasteiger partial charge >= 0.3 is 6.03 Å². The second-order valence-corrected chi connectivity index (χ2v) is 9.61. The van der Waals surface area contributed by atoms with Gasteiger partial charge in [0.2, 0.25) is 0 Å². The van der Waals surface area contributed by atoms with Gasteiger partial charge in [0, 0.05) is 25.2 Å². The largest absolute Gasteiger partial charge is 0.338 e. The first kappa shape index (κ1) is 18.0. The molecule has 4 atom stereocenters. The van der Waals surface area contributed by atoms with Gasteiger partial charge in [0.05, 0.1) is 0 Å². The van der Waals surface area contributed by atoms with Crippen molar-refractivity contribution in [3.63, 3.8) is 0 Å². The van der Waals surface area contributed by atoms with Gasteiger partial charge in [-0.25, -0.2) is 4.79 Å². The van der Waals surface area contributed by atoms with Crippen molar-refractivity contribution >= 4 is 6.03 Å². The highest BCUT2D eigenvalue weighted by Gasteiger charge is 2.61. The van der Waals surface area contributed by atoms with Crippen molar-refractivity contribution in [1.82, 2.24) is 15.5 Å². The van der Waals surface area contributed by atoms with Crippen molar-refractivity contribution < 1.29 is 4.79 Å². The first-order valence-corrected chi connectivity index (χ1v) is 10.0. The molecular formula is C20H37N3O. The molecule has 2 aliphatic carbocycles. The Kier molecular flexibility index (Phi) is 4.89. The Bertz CT molecular complexity index is 476. The van der Waals surface area contributed by atoms with Crippen LogP contribution in [0.4, 0.5) is 4.79 Å². The fourth-order valence-corrected chi connectivity index (χ4v) is 5.60. The number of likely N-dealkylation sites (tertiary alicyclic amines) is 1. The smallest absolute Gasteiger partial charge is 0.315 e. The molecule has 1 saturated heterocycles. The van der Waals surface area contributed by atoms with E-state index in [0.29, 0.717) is 23.4 Å². The Morgan fingerprint density at radius 2 is 2.00 bits per heavy atom. The summed E-state index contributed by atoms with van der Waals surface area (Å²) >= 11 is 0. The lowest BCUT2D eigenvalue weighted by Crippen LogP contribution is -2.51. The predicted octanol–water partition coefficient (Wildman–Crippen LogP) is 3.62. The Morgan fingerprint density at radius 1 is 1.25 bits per heavy atom. The van der Waals surface area contributed by atoms with E-state index in [-0.39, 0.29) is 11.4 Å². The second kappa shape index (κ2) is 6.51. The number of hydrogen-bond acceptors (Lipinski definition) is 2. The topological polar surface area (TPSA) is 44.4 Å². The number of rotatable bonds is 4. The Morgan fingerprint density at radius 3 is 2.58 bits per heavy atom. The molecule has 1 heterocycles. The van der Waals surface area contributed by atoms with Crippen LogP contribution in [0.1, 0.15) is 66.7 Å². The minimum absolute atomic E-state index is 0.0474. The quantitative estimate of drug-likeness (QED) is 0.824. The molecule has 3 fully saturated rings. The number of hydrogen-bond donors (Lipinski definition) is 2. The fourth-order valence-electron chi connectivity index (χ4n) is 5.60. The van der Waals surface area contributed by atoms with Gasteiger partial charge < -0.3 is 15.5 Å². The molecular weight excluding hydrogens is 298 g/mol. The van der Waals surface area contributed by atoms with Crippen LogP contribution in [0.15, 0.2) is 0 Å². The van der Waals surface area contributed by atoms with Gasteiger partial charge in [0.1, 0.15) is 0 Å². The minimum atomic E-state index is 0.0474. The normalized spacial score (nSPS) is 38.5. The number of nitrogens with zero attached hydrogens (tertiary/aromatic N) is 1. The van der Waals surface area contributed by atoms with Crippen LogP contribution in [0.25, 0.3) is 0 Å². The van der Waals surface area contributed by atoms with Crippen LogP contribution >= 0.6 is 0 Å². The van der Waals surface area contributed by atoms with Crippen LogP contribution in [-0.4, -0.2) is 42.6 Å². The van der Waals surface area contributed by atoms with Crippen molar-refractivity contribution in [2.24, 2.45) is 22.7 Å². The van der Waals surface area contributed by atoms with Gasteiger partial charge in [0.25, 0.3) is 0 Å². The van der Waals surface area contributed by atoms with Crippen LogP contribution < -0.4 is 10.6 Å². The summed E-state index contributed by atoms with van der Waals surface area (Å²) in [4.78, 5) is 15.0. The van der Waals surface area contributed by atoms with Gasteiger partial charge in [-0.15, -0.1) is 0 Å². The molecule has 2 N–H and O–H groups in total. The van der Waals surface area contributed by atoms with Gasteiger partial charge in [0.15, 0.2) is 0 Å². The molecule has 0 spiro atoms. The third-order valence-electron chi connectivity index (χ3n) is 7.93. The first-order valence-electron chi connectivity index (χ1n) is 10.0. The molecule has 2 amide bonds. The minimum Gasteiger partial charge on any atom is -0.338 e. The summed E-state index contributed by atoms with van der Waals surface area (Å²) < 4.78 is 0. The number of amides is 2. The Balaban J connectivity index is 1.47. The number of urea groups is 1. The molecule has 138 valence electrons. The van der Waals surface area contributed by atoms with Crippen LogP contribution in [0.3, 0.4) is 0 Å². The fraction of sp³-hybridized carbons (Fsp3) is 0.950. The molecule has 4 heteroatoms. The molecule has 0 aromatic heterocycles. The third-order valence-corrected chi connectivity index (χ3v) is 7.93. The third kappa shape index (κ3) is 3.07. The average molecular weight is 336 g/mol. The van der Waals surface area contributed by atoms with Crippen molar-refractivity contribution in [2.45, 2.75) is 78.8 Å². The van der Waals surface area contributed by atoms with E-state index in [4.69, 9.17) is 0 Å². The van der Waals surface area contributed by atoms with E-state index >= 15 is 0 Å². The maximum absolute atomic E-state index is 12.5. The summed E-state index contributed by atoms with van der Waals surface area (Å²) in [6.45, 7) is 14.8. The average Bonchev–Trinajstić information content (AvgIpc) is 2.86. The highest BCUT2D eigenvalue weighted by molar-refractivity contribution is 5.74. The number of nitrogens with one attached hydrogen (secondary N) is 2. The predicted molar refractivity (Wildman–Crippen MR) is 99.0 cm³/mol. The summed E-state index contributed by atoms with van der Waals surface area (Å²) in [6, 6.07) is 0.994. The summed E-state index contributed by atoms with van der Waals surface area (Å²) in [5.74, 6) is 1.37. The van der Waals surface area contributed by atoms with Gasteiger partial charge in [-0.3, -0.25) is 0 Å². The van der Waals surface area contributed by atoms with E-state index in [1.165, 1.54) is 32.2 Å². The molecule has 4 unspecified atom stereocenters. The SMILES string of the molecule is CC(C)N1CCCC(CNC(=O)NC2CC3CCC2(C)C3(C)C)C1. The molecule has 1 aliphatic heterocycles. The molecule has 0 radical (unpaired) electrons. The van der Waals surface area contributed by atoms with E-state index in [1.807, 2.05) is 0 Å². The van der Waals surface area contributed by atoms with Crippen LogP contribution in [0, 0.1) is 22.7 Å². The van der Waals surface area contributed by atoms with Crippen molar-refractivity contribution in [2.75, 3.05) is 19.6 Å². The molecule has 0 aromatic carbocycles. The second-order valence-electron chi connectivity index (χ2n) is 9.61. The van der Waals surface area contributed by atoms with E-state index in [0.717, 1.165) is 25.4 Å². The maximum Gasteiger partial charge on any atom is 0.315 e. The molecule has 3 rings (SSSR count). The Hall–Kier alpha value is -0.770. The highest BCUT2D eigenvalue weighted by Crippen LogP contribution is 2.65. The number of piperidine rings is 1. The molecule has 4 nitrogen and oxygen atoms in total. The van der Waals surface area contributed by atoms with Crippen LogP contribution in [0.2, 0.25) is 0 Å². The number of fused-ring (bicyclic) bond motifs is 2. The number of carbonyl (C=O) groups excluding carboxylic acids is 1. The van der Waals surface area contributed by atoms with E-state index in [1.54, 1.807) is 0 Å². The molecule has 2 bridgehead atoms. The summed E-state index contributed by atoms with van der Waals surface area (Å²) in [5, 5.41) is 6.48. The highest BCUT2D eigenvalue weighted by atomic mass is 16.2. The van der Waals surface area contributed by atoms with Gasteiger partial charge in [-0.2, -0.15) is 0 Å². The van der Waals surface area contributed by atoms with Gasteiger partial charge in [-0.05, 0) is 75.2 Å². The van der Waals surface area contributed by atoms with Crippen molar-refractivity contribution in [3.8, 4) is 0 Å².